The molecule has 0 atom stereocenters. The number of thiophene rings is 1. The number of nitrogens with zero attached hydrogens (tertiary/aromatic N) is 3. The molecule has 3 heterocycles. The molecule has 0 N–H and O–H groups in total. The monoisotopic (exact) mass is 329 g/mol. The molecule has 0 spiro atoms. The maximum Gasteiger partial charge on any atom is 0.573 e. The molecule has 8 heteroatoms. The van der Waals surface area contributed by atoms with Crippen molar-refractivity contribution in [3.05, 3.63) is 35.8 Å². The van der Waals surface area contributed by atoms with Gasteiger partial charge in [0.15, 0.2) is 0 Å². The van der Waals surface area contributed by atoms with Crippen LogP contribution in [0.3, 0.4) is 0 Å². The summed E-state index contributed by atoms with van der Waals surface area (Å²) in [5.74, 6) is 0.369. The van der Waals surface area contributed by atoms with E-state index in [0.717, 1.165) is 32.4 Å². The number of hydrogen-bond donors (Lipinski definition) is 0. The van der Waals surface area contributed by atoms with E-state index < -0.39 is 6.36 Å². The SMILES string of the molecule is FC(F)(F)Oc1ccc(N2CCN(c3cccs3)CC2)nc1. The second-order valence-corrected chi connectivity index (χ2v) is 5.75. The van der Waals surface area contributed by atoms with Gasteiger partial charge in [-0.3, -0.25) is 0 Å². The number of pyridine rings is 1. The number of rotatable bonds is 3. The molecule has 0 amide bonds. The van der Waals surface area contributed by atoms with Gasteiger partial charge in [0.1, 0.15) is 11.6 Å². The van der Waals surface area contributed by atoms with E-state index >= 15 is 0 Å². The molecule has 0 bridgehead atoms. The van der Waals surface area contributed by atoms with Gasteiger partial charge in [0, 0.05) is 26.2 Å². The zero-order valence-electron chi connectivity index (χ0n) is 11.6. The van der Waals surface area contributed by atoms with Crippen LogP contribution >= 0.6 is 11.3 Å². The maximum atomic E-state index is 12.1. The molecule has 118 valence electrons. The first kappa shape index (κ1) is 15.0. The standard InChI is InChI=1S/C14H14F3N3OS/c15-14(16,17)21-11-3-4-12(18-10-11)19-5-7-20(8-6-19)13-2-1-9-22-13/h1-4,9-10H,5-8H2. The van der Waals surface area contributed by atoms with Crippen molar-refractivity contribution >= 4 is 22.2 Å². The minimum absolute atomic E-state index is 0.298. The summed E-state index contributed by atoms with van der Waals surface area (Å²) < 4.78 is 40.1. The third kappa shape index (κ3) is 3.62. The van der Waals surface area contributed by atoms with Crippen LogP contribution in [0.5, 0.6) is 5.75 Å². The van der Waals surface area contributed by atoms with E-state index in [2.05, 4.69) is 25.6 Å². The van der Waals surface area contributed by atoms with Gasteiger partial charge in [0.2, 0.25) is 0 Å². The van der Waals surface area contributed by atoms with Crippen LogP contribution in [0.2, 0.25) is 0 Å². The third-order valence-electron chi connectivity index (χ3n) is 3.38. The smallest absolute Gasteiger partial charge is 0.404 e. The van der Waals surface area contributed by atoms with Gasteiger partial charge in [-0.1, -0.05) is 0 Å². The third-order valence-corrected chi connectivity index (χ3v) is 4.30. The quantitative estimate of drug-likeness (QED) is 0.863. The van der Waals surface area contributed by atoms with E-state index in [4.69, 9.17) is 0 Å². The highest BCUT2D eigenvalue weighted by molar-refractivity contribution is 7.14. The lowest BCUT2D eigenvalue weighted by molar-refractivity contribution is -0.274. The zero-order chi connectivity index (χ0) is 15.6. The largest absolute Gasteiger partial charge is 0.573 e. The van der Waals surface area contributed by atoms with Gasteiger partial charge in [-0.2, -0.15) is 0 Å². The number of anilines is 2. The summed E-state index contributed by atoms with van der Waals surface area (Å²) in [7, 11) is 0. The Balaban J connectivity index is 1.59. The molecule has 0 radical (unpaired) electrons. The lowest BCUT2D eigenvalue weighted by Crippen LogP contribution is -2.46. The fraction of sp³-hybridized carbons (Fsp3) is 0.357. The van der Waals surface area contributed by atoms with Crippen molar-refractivity contribution < 1.29 is 17.9 Å². The van der Waals surface area contributed by atoms with Gasteiger partial charge in [-0.25, -0.2) is 4.98 Å². The van der Waals surface area contributed by atoms with Crippen LogP contribution < -0.4 is 14.5 Å². The Hall–Kier alpha value is -1.96. The number of halogens is 3. The van der Waals surface area contributed by atoms with Crippen molar-refractivity contribution in [2.24, 2.45) is 0 Å². The minimum atomic E-state index is -4.68. The Morgan fingerprint density at radius 3 is 2.32 bits per heavy atom. The molecule has 3 rings (SSSR count). The predicted octanol–water partition coefficient (Wildman–Crippen LogP) is 3.37. The van der Waals surface area contributed by atoms with Crippen molar-refractivity contribution in [3.8, 4) is 5.75 Å². The number of hydrogen-bond acceptors (Lipinski definition) is 5. The maximum absolute atomic E-state index is 12.1. The topological polar surface area (TPSA) is 28.6 Å². The Labute approximate surface area is 129 Å². The average Bonchev–Trinajstić information content (AvgIpc) is 3.01. The molecular formula is C14H14F3N3OS. The van der Waals surface area contributed by atoms with Crippen molar-refractivity contribution in [1.29, 1.82) is 0 Å². The molecule has 22 heavy (non-hydrogen) atoms. The number of alkyl halides is 3. The van der Waals surface area contributed by atoms with Gasteiger partial charge in [-0.15, -0.1) is 24.5 Å². The van der Waals surface area contributed by atoms with Crippen LogP contribution in [0.25, 0.3) is 0 Å². The molecule has 1 fully saturated rings. The second-order valence-electron chi connectivity index (χ2n) is 4.83. The van der Waals surface area contributed by atoms with Gasteiger partial charge >= 0.3 is 6.36 Å². The highest BCUT2D eigenvalue weighted by Gasteiger charge is 2.31. The van der Waals surface area contributed by atoms with Gasteiger partial charge in [-0.05, 0) is 29.6 Å². The summed E-state index contributed by atoms with van der Waals surface area (Å²) in [5.41, 5.74) is 0. The summed E-state index contributed by atoms with van der Waals surface area (Å²) in [5, 5.41) is 3.28. The molecule has 1 aliphatic rings. The van der Waals surface area contributed by atoms with E-state index in [9.17, 15) is 13.2 Å². The van der Waals surface area contributed by atoms with E-state index in [1.165, 1.54) is 11.1 Å². The van der Waals surface area contributed by atoms with Crippen LogP contribution in [0.1, 0.15) is 0 Å². The van der Waals surface area contributed by atoms with Crippen LogP contribution in [-0.2, 0) is 0 Å². The Morgan fingerprint density at radius 2 is 1.77 bits per heavy atom. The minimum Gasteiger partial charge on any atom is -0.404 e. The van der Waals surface area contributed by atoms with Crippen molar-refractivity contribution in [3.63, 3.8) is 0 Å². The highest BCUT2D eigenvalue weighted by atomic mass is 32.1. The van der Waals surface area contributed by atoms with Crippen LogP contribution in [0, 0.1) is 0 Å². The lowest BCUT2D eigenvalue weighted by Gasteiger charge is -2.35. The predicted molar refractivity (Wildman–Crippen MR) is 79.7 cm³/mol. The molecule has 0 aliphatic carbocycles. The van der Waals surface area contributed by atoms with Crippen molar-refractivity contribution in [1.82, 2.24) is 4.98 Å². The van der Waals surface area contributed by atoms with Gasteiger partial charge < -0.3 is 14.5 Å². The van der Waals surface area contributed by atoms with Crippen molar-refractivity contribution in [2.45, 2.75) is 6.36 Å². The van der Waals surface area contributed by atoms with E-state index in [1.807, 2.05) is 11.4 Å². The normalized spacial score (nSPS) is 16.0. The summed E-state index contributed by atoms with van der Waals surface area (Å²) in [6.45, 7) is 3.29. The molecule has 0 saturated carbocycles. The Kier molecular flexibility index (Phi) is 4.10. The number of ether oxygens (including phenoxy) is 1. The lowest BCUT2D eigenvalue weighted by atomic mass is 10.3. The number of aromatic nitrogens is 1. The van der Waals surface area contributed by atoms with Crippen LogP contribution in [0.15, 0.2) is 35.8 Å². The highest BCUT2D eigenvalue weighted by Crippen LogP contribution is 2.26. The molecule has 2 aromatic heterocycles. The van der Waals surface area contributed by atoms with E-state index in [1.54, 1.807) is 17.4 Å². The summed E-state index contributed by atoms with van der Waals surface area (Å²) in [6, 6.07) is 6.96. The molecule has 1 aliphatic heterocycles. The first-order valence-corrected chi connectivity index (χ1v) is 7.64. The summed E-state index contributed by atoms with van der Waals surface area (Å²) in [6.07, 6.45) is -3.58. The van der Waals surface area contributed by atoms with Gasteiger partial charge in [0.05, 0.1) is 11.2 Å². The van der Waals surface area contributed by atoms with Gasteiger partial charge in [0.25, 0.3) is 0 Å². The Morgan fingerprint density at radius 1 is 1.05 bits per heavy atom. The van der Waals surface area contributed by atoms with Crippen LogP contribution in [-0.4, -0.2) is 37.5 Å². The first-order chi connectivity index (χ1) is 10.5. The first-order valence-electron chi connectivity index (χ1n) is 6.76. The Bertz CT molecular complexity index is 593. The summed E-state index contributed by atoms with van der Waals surface area (Å²) >= 11 is 1.70. The van der Waals surface area contributed by atoms with Crippen molar-refractivity contribution in [2.75, 3.05) is 36.0 Å². The molecule has 1 saturated heterocycles. The molecule has 2 aromatic rings. The molecule has 0 aromatic carbocycles. The zero-order valence-corrected chi connectivity index (χ0v) is 12.4. The van der Waals surface area contributed by atoms with E-state index in [-0.39, 0.29) is 5.75 Å². The molecule has 0 unspecified atom stereocenters. The fourth-order valence-corrected chi connectivity index (χ4v) is 3.14. The fourth-order valence-electron chi connectivity index (χ4n) is 2.36. The number of piperazine rings is 1. The second kappa shape index (κ2) is 6.04. The molecular weight excluding hydrogens is 315 g/mol. The molecule has 4 nitrogen and oxygen atoms in total. The average molecular weight is 329 g/mol. The summed E-state index contributed by atoms with van der Waals surface area (Å²) in [4.78, 5) is 8.41. The van der Waals surface area contributed by atoms with Crippen LogP contribution in [0.4, 0.5) is 24.0 Å². The van der Waals surface area contributed by atoms with E-state index in [0.29, 0.717) is 5.82 Å².